The molecule has 1 aliphatic carbocycles. The van der Waals surface area contributed by atoms with E-state index in [0.717, 1.165) is 5.69 Å². The molecule has 0 aromatic heterocycles. The van der Waals surface area contributed by atoms with Crippen molar-refractivity contribution in [3.8, 4) is 11.5 Å². The topological polar surface area (TPSA) is 142 Å². The minimum absolute atomic E-state index is 0.0693. The molecule has 0 aliphatic heterocycles. The number of carbonyl (C=O) groups excluding carboxylic acids is 2. The molecule has 1 saturated carbocycles. The standard InChI is InChI=1S/C28H34N2O7/c1-27(2,3)23(31)19-21(25(33)34)20(22(19)26(35)36)24(32)29-15-7-11-17(12-8-15)37-18-13-9-16(10-14-18)30-28(4,5)6/h7-14,19-22,30H,1-6H3,(H,29,32)(H,33,34)(H,35,36). The van der Waals surface area contributed by atoms with Crippen LogP contribution < -0.4 is 15.4 Å². The van der Waals surface area contributed by atoms with Gasteiger partial charge in [-0.1, -0.05) is 20.8 Å². The van der Waals surface area contributed by atoms with Crippen LogP contribution in [-0.2, 0) is 19.2 Å². The number of ether oxygens (including phenoxy) is 1. The highest BCUT2D eigenvalue weighted by molar-refractivity contribution is 6.05. The normalized spacial score (nSPS) is 21.4. The summed E-state index contributed by atoms with van der Waals surface area (Å²) in [4.78, 5) is 49.6. The van der Waals surface area contributed by atoms with Crippen LogP contribution >= 0.6 is 0 Å². The second-order valence-electron chi connectivity index (χ2n) is 11.4. The third-order valence-electron chi connectivity index (χ3n) is 6.19. The maximum atomic E-state index is 13.0. The summed E-state index contributed by atoms with van der Waals surface area (Å²) < 4.78 is 5.84. The molecule has 9 heteroatoms. The maximum Gasteiger partial charge on any atom is 0.308 e. The average Bonchev–Trinajstić information content (AvgIpc) is 2.73. The van der Waals surface area contributed by atoms with Crippen LogP contribution in [0.2, 0.25) is 0 Å². The zero-order valence-electron chi connectivity index (χ0n) is 21.9. The molecule has 2 atom stereocenters. The number of amides is 1. The van der Waals surface area contributed by atoms with Crippen molar-refractivity contribution >= 4 is 35.0 Å². The van der Waals surface area contributed by atoms with Crippen molar-refractivity contribution in [2.45, 2.75) is 47.1 Å². The van der Waals surface area contributed by atoms with Crippen LogP contribution in [0.15, 0.2) is 48.5 Å². The second kappa shape index (κ2) is 10.2. The highest BCUT2D eigenvalue weighted by Gasteiger charge is 2.64. The van der Waals surface area contributed by atoms with E-state index < -0.39 is 52.7 Å². The monoisotopic (exact) mass is 510 g/mol. The largest absolute Gasteiger partial charge is 0.481 e. The minimum atomic E-state index is -1.41. The first-order valence-corrected chi connectivity index (χ1v) is 12.1. The van der Waals surface area contributed by atoms with E-state index in [1.54, 1.807) is 45.0 Å². The van der Waals surface area contributed by atoms with Crippen LogP contribution in [0.3, 0.4) is 0 Å². The summed E-state index contributed by atoms with van der Waals surface area (Å²) in [6, 6.07) is 13.9. The number of hydrogen-bond donors (Lipinski definition) is 4. The Morgan fingerprint density at radius 3 is 1.49 bits per heavy atom. The first-order chi connectivity index (χ1) is 17.1. The van der Waals surface area contributed by atoms with Gasteiger partial charge in [-0.3, -0.25) is 19.2 Å². The van der Waals surface area contributed by atoms with Gasteiger partial charge in [-0.15, -0.1) is 0 Å². The zero-order valence-corrected chi connectivity index (χ0v) is 21.9. The molecule has 0 radical (unpaired) electrons. The number of carboxylic acid groups (broad SMARTS) is 2. The Bertz CT molecular complexity index is 1150. The lowest BCUT2D eigenvalue weighted by Crippen LogP contribution is -2.62. The van der Waals surface area contributed by atoms with Crippen molar-refractivity contribution in [1.82, 2.24) is 0 Å². The summed E-state index contributed by atoms with van der Waals surface area (Å²) in [5.74, 6) is -8.31. The summed E-state index contributed by atoms with van der Waals surface area (Å²) in [5, 5.41) is 25.4. The van der Waals surface area contributed by atoms with Crippen molar-refractivity contribution in [2.75, 3.05) is 10.6 Å². The molecule has 2 unspecified atom stereocenters. The maximum absolute atomic E-state index is 13.0. The van der Waals surface area contributed by atoms with E-state index in [2.05, 4.69) is 31.4 Å². The van der Waals surface area contributed by atoms with Crippen molar-refractivity contribution in [2.24, 2.45) is 29.1 Å². The first-order valence-electron chi connectivity index (χ1n) is 12.1. The number of carboxylic acids is 2. The van der Waals surface area contributed by atoms with Gasteiger partial charge in [-0.2, -0.15) is 0 Å². The molecule has 1 aliphatic rings. The predicted molar refractivity (Wildman–Crippen MR) is 139 cm³/mol. The van der Waals surface area contributed by atoms with Gasteiger partial charge < -0.3 is 25.6 Å². The van der Waals surface area contributed by atoms with Gasteiger partial charge in [0.1, 0.15) is 17.3 Å². The van der Waals surface area contributed by atoms with Crippen LogP contribution in [0, 0.1) is 29.1 Å². The predicted octanol–water partition coefficient (Wildman–Crippen LogP) is 4.89. The molecule has 9 nitrogen and oxygen atoms in total. The van der Waals surface area contributed by atoms with E-state index in [1.165, 1.54) is 0 Å². The van der Waals surface area contributed by atoms with Crippen LogP contribution in [-0.4, -0.2) is 39.4 Å². The highest BCUT2D eigenvalue weighted by atomic mass is 16.5. The molecular formula is C28H34N2O7. The van der Waals surface area contributed by atoms with Crippen LogP contribution in [0.4, 0.5) is 11.4 Å². The Hall–Kier alpha value is -3.88. The molecule has 2 aromatic rings. The molecule has 1 fully saturated rings. The number of hydrogen-bond acceptors (Lipinski definition) is 6. The Kier molecular flexibility index (Phi) is 7.67. The molecule has 4 N–H and O–H groups in total. The third-order valence-corrected chi connectivity index (χ3v) is 6.19. The van der Waals surface area contributed by atoms with E-state index >= 15 is 0 Å². The fourth-order valence-corrected chi connectivity index (χ4v) is 4.52. The van der Waals surface area contributed by atoms with Crippen molar-refractivity contribution in [3.05, 3.63) is 48.5 Å². The summed E-state index contributed by atoms with van der Waals surface area (Å²) in [6.07, 6.45) is 0. The molecule has 37 heavy (non-hydrogen) atoms. The van der Waals surface area contributed by atoms with E-state index in [4.69, 9.17) is 4.74 Å². The van der Waals surface area contributed by atoms with Crippen molar-refractivity contribution in [3.63, 3.8) is 0 Å². The first kappa shape index (κ1) is 27.7. The fourth-order valence-electron chi connectivity index (χ4n) is 4.52. The number of aliphatic carboxylic acids is 2. The SMILES string of the molecule is CC(C)(C)Nc1ccc(Oc2ccc(NC(=O)C3C(C(=O)O)C(C(=O)C(C)(C)C)C3C(=O)O)cc2)cc1. The summed E-state index contributed by atoms with van der Waals surface area (Å²) in [5.41, 5.74) is 0.299. The molecule has 0 saturated heterocycles. The zero-order chi connectivity index (χ0) is 27.7. The lowest BCUT2D eigenvalue weighted by Gasteiger charge is -2.47. The number of benzene rings is 2. The van der Waals surface area contributed by atoms with Gasteiger partial charge in [0, 0.05) is 28.2 Å². The van der Waals surface area contributed by atoms with Crippen LogP contribution in [0.1, 0.15) is 41.5 Å². The van der Waals surface area contributed by atoms with E-state index in [9.17, 15) is 29.4 Å². The number of rotatable bonds is 8. The van der Waals surface area contributed by atoms with E-state index in [1.807, 2.05) is 24.3 Å². The summed E-state index contributed by atoms with van der Waals surface area (Å²) in [7, 11) is 0. The molecule has 0 spiro atoms. The number of nitrogens with one attached hydrogen (secondary N) is 2. The summed E-state index contributed by atoms with van der Waals surface area (Å²) in [6.45, 7) is 11.0. The smallest absolute Gasteiger partial charge is 0.308 e. The minimum Gasteiger partial charge on any atom is -0.481 e. The molecule has 3 rings (SSSR count). The molecule has 1 amide bonds. The number of ketones is 1. The van der Waals surface area contributed by atoms with Gasteiger partial charge in [0.25, 0.3) is 0 Å². The van der Waals surface area contributed by atoms with Gasteiger partial charge in [-0.25, -0.2) is 0 Å². The molecule has 198 valence electrons. The molecule has 0 bridgehead atoms. The van der Waals surface area contributed by atoms with Gasteiger partial charge in [0.15, 0.2) is 0 Å². The number of anilines is 2. The second-order valence-corrected chi connectivity index (χ2v) is 11.4. The van der Waals surface area contributed by atoms with Crippen molar-refractivity contribution in [1.29, 1.82) is 0 Å². The molecule has 2 aromatic carbocycles. The van der Waals surface area contributed by atoms with Crippen LogP contribution in [0.25, 0.3) is 0 Å². The Labute approximate surface area is 216 Å². The van der Waals surface area contributed by atoms with Gasteiger partial charge in [0.05, 0.1) is 17.8 Å². The highest BCUT2D eigenvalue weighted by Crippen LogP contribution is 2.50. The van der Waals surface area contributed by atoms with E-state index in [0.29, 0.717) is 17.2 Å². The lowest BCUT2D eigenvalue weighted by molar-refractivity contribution is -0.181. The fraction of sp³-hybridized carbons (Fsp3) is 0.429. The van der Waals surface area contributed by atoms with Gasteiger partial charge >= 0.3 is 11.9 Å². The quantitative estimate of drug-likeness (QED) is 0.393. The average molecular weight is 511 g/mol. The molecule has 0 heterocycles. The number of Topliss-reactive ketones (excluding diaryl/α,β-unsaturated/α-hetero) is 1. The summed E-state index contributed by atoms with van der Waals surface area (Å²) >= 11 is 0. The van der Waals surface area contributed by atoms with Crippen LogP contribution in [0.5, 0.6) is 11.5 Å². The van der Waals surface area contributed by atoms with Gasteiger partial charge in [-0.05, 0) is 69.3 Å². The third kappa shape index (κ3) is 6.47. The number of carbonyl (C=O) groups is 4. The van der Waals surface area contributed by atoms with Crippen molar-refractivity contribution < 1.29 is 34.1 Å². The molecular weight excluding hydrogens is 476 g/mol. The lowest BCUT2D eigenvalue weighted by atomic mass is 9.52. The van der Waals surface area contributed by atoms with Gasteiger partial charge in [0.2, 0.25) is 5.91 Å². The Balaban J connectivity index is 1.69. The Morgan fingerprint density at radius 1 is 0.676 bits per heavy atom. The van der Waals surface area contributed by atoms with E-state index in [-0.39, 0.29) is 5.54 Å². The Morgan fingerprint density at radius 2 is 1.11 bits per heavy atom.